The maximum Gasteiger partial charge on any atom is 0.337 e. The molecule has 12 nitrogen and oxygen atoms in total. The molecule has 3 aromatic carbocycles. The Balaban J connectivity index is 1.97. The van der Waals surface area contributed by atoms with Gasteiger partial charge in [0.25, 0.3) is 15.7 Å². The predicted molar refractivity (Wildman–Crippen MR) is 123 cm³/mol. The highest BCUT2D eigenvalue weighted by Crippen LogP contribution is 2.29. The van der Waals surface area contributed by atoms with Gasteiger partial charge in [0.15, 0.2) is 11.5 Å². The van der Waals surface area contributed by atoms with Crippen molar-refractivity contribution in [2.24, 2.45) is 5.10 Å². The van der Waals surface area contributed by atoms with Crippen molar-refractivity contribution in [3.8, 4) is 11.5 Å². The average Bonchev–Trinajstić information content (AvgIpc) is 2.80. The van der Waals surface area contributed by atoms with Gasteiger partial charge in [-0.15, -0.1) is 0 Å². The van der Waals surface area contributed by atoms with Crippen LogP contribution in [0, 0.1) is 10.1 Å². The number of non-ortho nitro benzene ring substituents is 1. The SMILES string of the molecule is COc1cc(/C=N/Nc2ccc([N+](=O)[O-])cc2S(=O)(=O)Nc2ccccc2C(=O)O)ccc1O. The third-order valence-electron chi connectivity index (χ3n) is 4.47. The van der Waals surface area contributed by atoms with Crippen molar-refractivity contribution >= 4 is 39.3 Å². The Morgan fingerprint density at radius 3 is 2.53 bits per heavy atom. The van der Waals surface area contributed by atoms with E-state index in [1.807, 2.05) is 0 Å². The highest BCUT2D eigenvalue weighted by atomic mass is 32.2. The molecule has 0 heterocycles. The summed E-state index contributed by atoms with van der Waals surface area (Å²) in [6, 6.07) is 12.8. The maximum atomic E-state index is 13.1. The number of sulfonamides is 1. The lowest BCUT2D eigenvalue weighted by atomic mass is 10.2. The van der Waals surface area contributed by atoms with Crippen LogP contribution in [0.3, 0.4) is 0 Å². The van der Waals surface area contributed by atoms with Gasteiger partial charge in [-0.1, -0.05) is 12.1 Å². The standard InChI is InChI=1S/C21H18N4O8S/c1-33-19-10-13(6-9-18(19)26)12-22-23-17-8-7-14(25(29)30)11-20(17)34(31,32)24-16-5-3-2-4-15(16)21(27)28/h2-12,23-24,26H,1H3,(H,27,28)/b22-12+. The fourth-order valence-electron chi connectivity index (χ4n) is 2.85. The highest BCUT2D eigenvalue weighted by Gasteiger charge is 2.24. The first-order valence-electron chi connectivity index (χ1n) is 9.42. The number of methoxy groups -OCH3 is 1. The second-order valence-corrected chi connectivity index (χ2v) is 8.35. The Morgan fingerprint density at radius 1 is 1.12 bits per heavy atom. The van der Waals surface area contributed by atoms with Crippen molar-refractivity contribution in [1.29, 1.82) is 0 Å². The number of aromatic carboxylic acids is 1. The molecule has 0 fully saturated rings. The van der Waals surface area contributed by atoms with Crippen molar-refractivity contribution in [2.75, 3.05) is 17.3 Å². The number of benzene rings is 3. The fourth-order valence-corrected chi connectivity index (χ4v) is 4.11. The lowest BCUT2D eigenvalue weighted by molar-refractivity contribution is -0.385. The van der Waals surface area contributed by atoms with Crippen LogP contribution < -0.4 is 14.9 Å². The molecule has 3 aromatic rings. The number of hydrogen-bond acceptors (Lipinski definition) is 9. The number of anilines is 2. The average molecular weight is 486 g/mol. The van der Waals surface area contributed by atoms with Crippen LogP contribution in [0.4, 0.5) is 17.1 Å². The summed E-state index contributed by atoms with van der Waals surface area (Å²) in [6.07, 6.45) is 1.31. The molecule has 0 saturated carbocycles. The number of hydrazone groups is 1. The Morgan fingerprint density at radius 2 is 1.85 bits per heavy atom. The van der Waals surface area contributed by atoms with Crippen LogP contribution in [0.2, 0.25) is 0 Å². The summed E-state index contributed by atoms with van der Waals surface area (Å²) < 4.78 is 33.3. The van der Waals surface area contributed by atoms with Gasteiger partial charge in [-0.3, -0.25) is 20.3 Å². The number of nitrogens with zero attached hydrogens (tertiary/aromatic N) is 2. The van der Waals surface area contributed by atoms with Crippen LogP contribution in [0.1, 0.15) is 15.9 Å². The van der Waals surface area contributed by atoms with Crippen LogP contribution in [0.15, 0.2) is 70.7 Å². The molecule has 0 aromatic heterocycles. The molecule has 0 radical (unpaired) electrons. The highest BCUT2D eigenvalue weighted by molar-refractivity contribution is 7.93. The van der Waals surface area contributed by atoms with E-state index in [2.05, 4.69) is 15.2 Å². The molecule has 0 aliphatic rings. The number of nitro benzene ring substituents is 1. The van der Waals surface area contributed by atoms with Crippen molar-refractivity contribution in [2.45, 2.75) is 4.90 Å². The van der Waals surface area contributed by atoms with E-state index in [0.29, 0.717) is 5.56 Å². The van der Waals surface area contributed by atoms with Crippen molar-refractivity contribution in [3.05, 3.63) is 81.9 Å². The van der Waals surface area contributed by atoms with Crippen LogP contribution >= 0.6 is 0 Å². The first-order valence-corrected chi connectivity index (χ1v) is 10.9. The summed E-state index contributed by atoms with van der Waals surface area (Å²) >= 11 is 0. The van der Waals surface area contributed by atoms with Gasteiger partial charge in [-0.05, 0) is 42.0 Å². The van der Waals surface area contributed by atoms with Crippen LogP contribution in [0.5, 0.6) is 11.5 Å². The molecule has 0 aliphatic heterocycles. The summed E-state index contributed by atoms with van der Waals surface area (Å²) in [5.41, 5.74) is 1.90. The summed E-state index contributed by atoms with van der Waals surface area (Å²) in [6.45, 7) is 0. The van der Waals surface area contributed by atoms with Crippen molar-refractivity contribution in [3.63, 3.8) is 0 Å². The van der Waals surface area contributed by atoms with E-state index in [1.54, 1.807) is 0 Å². The first-order chi connectivity index (χ1) is 16.1. The Kier molecular flexibility index (Phi) is 6.97. The third kappa shape index (κ3) is 5.39. The largest absolute Gasteiger partial charge is 0.504 e. The summed E-state index contributed by atoms with van der Waals surface area (Å²) in [5.74, 6) is -1.24. The van der Waals surface area contributed by atoms with Crippen molar-refractivity contribution < 1.29 is 33.1 Å². The Labute approximate surface area is 193 Å². The lowest BCUT2D eigenvalue weighted by Crippen LogP contribution is -2.17. The quantitative estimate of drug-likeness (QED) is 0.200. The molecule has 176 valence electrons. The number of nitrogens with one attached hydrogen (secondary N) is 2. The van der Waals surface area contributed by atoms with E-state index in [1.165, 1.54) is 55.8 Å². The minimum atomic E-state index is -4.47. The van der Waals surface area contributed by atoms with E-state index >= 15 is 0 Å². The third-order valence-corrected chi connectivity index (χ3v) is 5.88. The zero-order valence-electron chi connectivity index (χ0n) is 17.5. The van der Waals surface area contributed by atoms with Gasteiger partial charge in [0.1, 0.15) is 4.90 Å². The number of rotatable bonds is 9. The number of hydrogen-bond donors (Lipinski definition) is 4. The lowest BCUT2D eigenvalue weighted by Gasteiger charge is -2.13. The molecule has 0 unspecified atom stereocenters. The number of nitro groups is 1. The number of phenols is 1. The van der Waals surface area contributed by atoms with Gasteiger partial charge in [0.05, 0.1) is 35.2 Å². The number of para-hydroxylation sites is 1. The number of aromatic hydroxyl groups is 1. The number of phenolic OH excluding ortho intramolecular Hbond substituents is 1. The molecule has 4 N–H and O–H groups in total. The first kappa shape index (κ1) is 24.0. The topological polar surface area (TPSA) is 180 Å². The van der Waals surface area contributed by atoms with E-state index in [9.17, 15) is 33.5 Å². The maximum absolute atomic E-state index is 13.1. The molecule has 0 saturated heterocycles. The second-order valence-electron chi connectivity index (χ2n) is 6.70. The Bertz CT molecular complexity index is 1390. The van der Waals surface area contributed by atoms with E-state index in [4.69, 9.17) is 4.74 Å². The van der Waals surface area contributed by atoms with E-state index < -0.39 is 31.5 Å². The minimum Gasteiger partial charge on any atom is -0.504 e. The molecule has 0 aliphatic carbocycles. The molecular weight excluding hydrogens is 468 g/mol. The predicted octanol–water partition coefficient (Wildman–Crippen LogP) is 3.25. The normalized spacial score (nSPS) is 11.2. The summed E-state index contributed by atoms with van der Waals surface area (Å²) in [7, 11) is -3.10. The molecule has 13 heteroatoms. The molecule has 34 heavy (non-hydrogen) atoms. The zero-order chi connectivity index (χ0) is 24.9. The van der Waals surface area contributed by atoms with E-state index in [0.717, 1.165) is 18.2 Å². The van der Waals surface area contributed by atoms with Gasteiger partial charge in [0.2, 0.25) is 0 Å². The monoisotopic (exact) mass is 486 g/mol. The molecule has 0 bridgehead atoms. The number of carbonyl (C=O) groups is 1. The summed E-state index contributed by atoms with van der Waals surface area (Å²) in [4.78, 5) is 21.3. The number of carboxylic acids is 1. The smallest absolute Gasteiger partial charge is 0.337 e. The Hall–Kier alpha value is -4.65. The van der Waals surface area contributed by atoms with Gasteiger partial charge in [-0.2, -0.15) is 5.10 Å². The number of ether oxygens (including phenoxy) is 1. The van der Waals surface area contributed by atoms with Gasteiger partial charge >= 0.3 is 5.97 Å². The molecule has 0 amide bonds. The number of carboxylic acid groups (broad SMARTS) is 1. The van der Waals surface area contributed by atoms with Gasteiger partial charge < -0.3 is 14.9 Å². The zero-order valence-corrected chi connectivity index (χ0v) is 18.3. The minimum absolute atomic E-state index is 0.0796. The fraction of sp³-hybridized carbons (Fsp3) is 0.0476. The molecule has 0 atom stereocenters. The van der Waals surface area contributed by atoms with Crippen LogP contribution in [-0.2, 0) is 10.0 Å². The molecule has 0 spiro atoms. The molecule has 3 rings (SSSR count). The van der Waals surface area contributed by atoms with Crippen LogP contribution in [0.25, 0.3) is 0 Å². The van der Waals surface area contributed by atoms with Crippen molar-refractivity contribution in [1.82, 2.24) is 0 Å². The van der Waals surface area contributed by atoms with E-state index in [-0.39, 0.29) is 28.4 Å². The van der Waals surface area contributed by atoms with Crippen LogP contribution in [-0.4, -0.2) is 42.8 Å². The van der Waals surface area contributed by atoms with Gasteiger partial charge in [0, 0.05) is 12.1 Å². The van der Waals surface area contributed by atoms with Gasteiger partial charge in [-0.25, -0.2) is 13.2 Å². The molecular formula is C21H18N4O8S. The second kappa shape index (κ2) is 9.87. The summed E-state index contributed by atoms with van der Waals surface area (Å²) in [5, 5.41) is 34.1.